The Bertz CT molecular complexity index is 1530. The maximum absolute atomic E-state index is 13.4. The fraction of sp³-hybridized carbons (Fsp3) is 0.344. The number of benzene rings is 3. The topological polar surface area (TPSA) is 188 Å². The minimum Gasteiger partial charge on any atom is -0.465 e. The van der Waals surface area contributed by atoms with Gasteiger partial charge in [0, 0.05) is 11.6 Å². The van der Waals surface area contributed by atoms with Gasteiger partial charge in [-0.2, -0.15) is 0 Å². The summed E-state index contributed by atoms with van der Waals surface area (Å²) in [4.78, 5) is 37.9. The van der Waals surface area contributed by atoms with Crippen molar-refractivity contribution in [1.29, 1.82) is 0 Å². The fourth-order valence-electron chi connectivity index (χ4n) is 4.85. The number of nitrogens with two attached hydrogens (primary N) is 1. The van der Waals surface area contributed by atoms with E-state index in [1.54, 1.807) is 20.8 Å². The van der Waals surface area contributed by atoms with E-state index in [9.17, 15) is 33.0 Å². The summed E-state index contributed by atoms with van der Waals surface area (Å²) in [5.41, 5.74) is 1.02. The molecule has 236 valence electrons. The maximum atomic E-state index is 13.4. The molecular weight excluding hydrogens is 584 g/mol. The van der Waals surface area contributed by atoms with Crippen molar-refractivity contribution < 1.29 is 33.0 Å². The molecule has 11 nitrogen and oxygen atoms in total. The molecule has 7 N–H and O–H groups in total. The zero-order chi connectivity index (χ0) is 32.5. The molecule has 0 spiro atoms. The smallest absolute Gasteiger partial charge is 0.405 e. The first-order valence-electron chi connectivity index (χ1n) is 14.1. The molecule has 0 heterocycles. The molecule has 0 aliphatic carbocycles. The van der Waals surface area contributed by atoms with Gasteiger partial charge in [-0.1, -0.05) is 87.5 Å². The monoisotopic (exact) mass is 624 g/mol. The molecule has 3 aromatic rings. The molecule has 0 saturated carbocycles. The van der Waals surface area contributed by atoms with Gasteiger partial charge < -0.3 is 26.2 Å². The number of carbonyl (C=O) groups excluding carboxylic acids is 2. The molecule has 3 rings (SSSR count). The number of carboxylic acid groups (broad SMARTS) is 1. The summed E-state index contributed by atoms with van der Waals surface area (Å²) >= 11 is 0. The van der Waals surface area contributed by atoms with Crippen LogP contribution in [0, 0.1) is 5.41 Å². The lowest BCUT2D eigenvalue weighted by molar-refractivity contribution is -0.127. The summed E-state index contributed by atoms with van der Waals surface area (Å²) in [5.74, 6) is -1.16. The summed E-state index contributed by atoms with van der Waals surface area (Å²) in [7, 11) is -4.03. The molecule has 0 aliphatic heterocycles. The molecule has 0 saturated heterocycles. The largest absolute Gasteiger partial charge is 0.465 e. The average molecular weight is 625 g/mol. The number of hydrogen-bond acceptors (Lipinski definition) is 6. The van der Waals surface area contributed by atoms with Crippen LogP contribution >= 0.6 is 0 Å². The predicted octanol–water partition coefficient (Wildman–Crippen LogP) is 2.84. The van der Waals surface area contributed by atoms with E-state index in [1.807, 2.05) is 60.7 Å². The van der Waals surface area contributed by atoms with Crippen molar-refractivity contribution in [3.63, 3.8) is 0 Å². The average Bonchev–Trinajstić information content (AvgIpc) is 2.95. The van der Waals surface area contributed by atoms with E-state index in [1.165, 1.54) is 24.3 Å². The maximum Gasteiger partial charge on any atom is 0.405 e. The number of sulfonamides is 1. The Morgan fingerprint density at radius 1 is 0.818 bits per heavy atom. The fourth-order valence-corrected chi connectivity index (χ4v) is 5.41. The second-order valence-electron chi connectivity index (χ2n) is 11.8. The Labute approximate surface area is 257 Å². The van der Waals surface area contributed by atoms with Gasteiger partial charge >= 0.3 is 6.09 Å². The SMILES string of the molecule is CC(C)(C)[C@H](NC(=O)O)C(=O)N[C@@H](Cc1ccccc1)[C@@H](O)C[C@H](Cc1ccccc1)NC(=O)c1cccc(S(N)(=O)=O)c1. The van der Waals surface area contributed by atoms with Gasteiger partial charge in [-0.15, -0.1) is 0 Å². The molecule has 0 fully saturated rings. The van der Waals surface area contributed by atoms with Crippen molar-refractivity contribution in [3.8, 4) is 0 Å². The van der Waals surface area contributed by atoms with E-state index in [-0.39, 0.29) is 23.3 Å². The number of aliphatic hydroxyl groups excluding tert-OH is 1. The quantitative estimate of drug-likeness (QED) is 0.169. The lowest BCUT2D eigenvalue weighted by Crippen LogP contribution is -2.58. The van der Waals surface area contributed by atoms with Crippen LogP contribution in [0.1, 0.15) is 48.7 Å². The van der Waals surface area contributed by atoms with Crippen LogP contribution in [0.5, 0.6) is 0 Å². The number of amides is 3. The molecule has 0 radical (unpaired) electrons. The van der Waals surface area contributed by atoms with Crippen LogP contribution < -0.4 is 21.1 Å². The molecule has 0 unspecified atom stereocenters. The van der Waals surface area contributed by atoms with Crippen molar-refractivity contribution in [2.45, 2.75) is 69.2 Å². The highest BCUT2D eigenvalue weighted by Gasteiger charge is 2.35. The van der Waals surface area contributed by atoms with E-state index < -0.39 is 57.6 Å². The molecule has 0 bridgehead atoms. The number of hydrogen-bond donors (Lipinski definition) is 6. The highest BCUT2D eigenvalue weighted by Crippen LogP contribution is 2.21. The van der Waals surface area contributed by atoms with Gasteiger partial charge in [-0.25, -0.2) is 18.4 Å². The summed E-state index contributed by atoms with van der Waals surface area (Å²) in [5, 5.41) is 34.2. The summed E-state index contributed by atoms with van der Waals surface area (Å²) in [6, 6.07) is 21.3. The molecule has 3 aromatic carbocycles. The molecule has 0 aliphatic rings. The zero-order valence-electron chi connectivity index (χ0n) is 24.9. The third-order valence-electron chi connectivity index (χ3n) is 7.10. The first-order chi connectivity index (χ1) is 20.6. The lowest BCUT2D eigenvalue weighted by Gasteiger charge is -2.33. The Balaban J connectivity index is 1.90. The minimum atomic E-state index is -4.03. The van der Waals surface area contributed by atoms with Crippen molar-refractivity contribution in [3.05, 3.63) is 102 Å². The molecule has 12 heteroatoms. The number of primary sulfonamides is 1. The highest BCUT2D eigenvalue weighted by molar-refractivity contribution is 7.89. The Kier molecular flexibility index (Phi) is 11.6. The first-order valence-corrected chi connectivity index (χ1v) is 15.7. The van der Waals surface area contributed by atoms with Gasteiger partial charge in [0.1, 0.15) is 6.04 Å². The van der Waals surface area contributed by atoms with Crippen LogP contribution in [0.15, 0.2) is 89.8 Å². The molecule has 4 atom stereocenters. The van der Waals surface area contributed by atoms with Gasteiger partial charge in [-0.3, -0.25) is 9.59 Å². The Hall–Kier alpha value is -4.26. The van der Waals surface area contributed by atoms with E-state index in [0.29, 0.717) is 6.42 Å². The molecule has 44 heavy (non-hydrogen) atoms. The number of nitrogens with one attached hydrogen (secondary N) is 3. The Morgan fingerprint density at radius 3 is 1.91 bits per heavy atom. The second-order valence-corrected chi connectivity index (χ2v) is 13.4. The predicted molar refractivity (Wildman–Crippen MR) is 166 cm³/mol. The first kappa shape index (κ1) is 34.2. The Morgan fingerprint density at radius 2 is 1.39 bits per heavy atom. The molecular formula is C32H40N4O7S. The number of aliphatic hydroxyl groups is 1. The standard InChI is InChI=1S/C32H40N4O7S/c1-32(2,3)28(36-31(40)41)30(39)35-26(18-22-13-8-5-9-14-22)27(37)20-24(17-21-11-6-4-7-12-21)34-29(38)23-15-10-16-25(19-23)44(33,42)43/h4-16,19,24,26-28,36-37H,17-18,20H2,1-3H3,(H,34,38)(H,35,39)(H,40,41)(H2,33,42,43)/t24-,26-,27-,28+/m0/s1. The van der Waals surface area contributed by atoms with Gasteiger partial charge in [0.2, 0.25) is 15.9 Å². The van der Waals surface area contributed by atoms with Crippen LogP contribution in [0.25, 0.3) is 0 Å². The summed E-state index contributed by atoms with van der Waals surface area (Å²) in [6.45, 7) is 5.18. The number of carbonyl (C=O) groups is 3. The number of rotatable bonds is 13. The van der Waals surface area contributed by atoms with Gasteiger partial charge in [-0.05, 0) is 54.0 Å². The second kappa shape index (κ2) is 15.0. The van der Waals surface area contributed by atoms with Crippen LogP contribution in [0.4, 0.5) is 4.79 Å². The normalized spacial score (nSPS) is 14.5. The van der Waals surface area contributed by atoms with Crippen LogP contribution in [-0.2, 0) is 27.7 Å². The zero-order valence-corrected chi connectivity index (χ0v) is 25.8. The van der Waals surface area contributed by atoms with Gasteiger partial charge in [0.15, 0.2) is 0 Å². The van der Waals surface area contributed by atoms with Crippen molar-refractivity contribution in [1.82, 2.24) is 16.0 Å². The van der Waals surface area contributed by atoms with E-state index in [4.69, 9.17) is 5.14 Å². The van der Waals surface area contributed by atoms with Crippen molar-refractivity contribution in [2.75, 3.05) is 0 Å². The molecule has 3 amide bonds. The van der Waals surface area contributed by atoms with Crippen LogP contribution in [-0.4, -0.2) is 60.8 Å². The van der Waals surface area contributed by atoms with E-state index >= 15 is 0 Å². The van der Waals surface area contributed by atoms with Crippen LogP contribution in [0.3, 0.4) is 0 Å². The van der Waals surface area contributed by atoms with Crippen molar-refractivity contribution >= 4 is 27.9 Å². The van der Waals surface area contributed by atoms with E-state index in [2.05, 4.69) is 16.0 Å². The van der Waals surface area contributed by atoms with Gasteiger partial charge in [0.05, 0.1) is 17.0 Å². The lowest BCUT2D eigenvalue weighted by atomic mass is 9.85. The van der Waals surface area contributed by atoms with E-state index in [0.717, 1.165) is 11.1 Å². The summed E-state index contributed by atoms with van der Waals surface area (Å²) < 4.78 is 23.7. The molecule has 0 aromatic heterocycles. The van der Waals surface area contributed by atoms with Gasteiger partial charge in [0.25, 0.3) is 5.91 Å². The third kappa shape index (κ3) is 10.5. The third-order valence-corrected chi connectivity index (χ3v) is 8.01. The van der Waals surface area contributed by atoms with Crippen molar-refractivity contribution in [2.24, 2.45) is 10.6 Å². The minimum absolute atomic E-state index is 0.0137. The highest BCUT2D eigenvalue weighted by atomic mass is 32.2. The summed E-state index contributed by atoms with van der Waals surface area (Å²) in [6.07, 6.45) is -1.94. The van der Waals surface area contributed by atoms with Crippen LogP contribution in [0.2, 0.25) is 0 Å².